The highest BCUT2D eigenvalue weighted by Crippen LogP contribution is 2.32. The number of anilines is 2. The molecule has 0 unspecified atom stereocenters. The Kier molecular flexibility index (Phi) is 3.19. The monoisotopic (exact) mass is 299 g/mol. The summed E-state index contributed by atoms with van der Waals surface area (Å²) in [5.74, 6) is 0.865. The van der Waals surface area contributed by atoms with Gasteiger partial charge >= 0.3 is 0 Å². The van der Waals surface area contributed by atoms with Gasteiger partial charge in [0.25, 0.3) is 0 Å². The largest absolute Gasteiger partial charge is 0.339 e. The number of benzene rings is 2. The third kappa shape index (κ3) is 2.50. The molecule has 0 aliphatic heterocycles. The number of aryl methyl sites for hydroxylation is 2. The average molecular weight is 299 g/mol. The summed E-state index contributed by atoms with van der Waals surface area (Å²) >= 11 is 0. The quantitative estimate of drug-likeness (QED) is 0.520. The number of para-hydroxylation sites is 2. The van der Waals surface area contributed by atoms with E-state index >= 15 is 0 Å². The topological polar surface area (TPSA) is 37.8 Å². The van der Waals surface area contributed by atoms with E-state index in [0.29, 0.717) is 0 Å². The van der Waals surface area contributed by atoms with Crippen LogP contribution in [0.3, 0.4) is 0 Å². The van der Waals surface area contributed by atoms with Gasteiger partial charge in [-0.15, -0.1) is 0 Å². The highest BCUT2D eigenvalue weighted by Gasteiger charge is 2.09. The highest BCUT2D eigenvalue weighted by atomic mass is 15.0. The molecule has 3 heteroatoms. The molecule has 0 saturated heterocycles. The lowest BCUT2D eigenvalue weighted by molar-refractivity contribution is 1.18. The average Bonchev–Trinajstić information content (AvgIpc) is 2.54. The Hall–Kier alpha value is -2.94. The van der Waals surface area contributed by atoms with Gasteiger partial charge in [0.05, 0.1) is 16.7 Å². The fraction of sp³-hybridized carbons (Fsp3) is 0.100. The Morgan fingerprint density at radius 2 is 1.35 bits per heavy atom. The second-order valence-corrected chi connectivity index (χ2v) is 5.82. The molecule has 112 valence electrons. The van der Waals surface area contributed by atoms with E-state index in [1.54, 1.807) is 0 Å². The van der Waals surface area contributed by atoms with Crippen LogP contribution in [0, 0.1) is 13.8 Å². The number of aromatic nitrogens is 2. The van der Waals surface area contributed by atoms with E-state index in [1.165, 1.54) is 5.56 Å². The summed E-state index contributed by atoms with van der Waals surface area (Å²) in [7, 11) is 0. The van der Waals surface area contributed by atoms with Crippen molar-refractivity contribution in [3.8, 4) is 0 Å². The number of nitrogens with zero attached hydrogens (tertiary/aromatic N) is 2. The third-order valence-electron chi connectivity index (χ3n) is 3.94. The number of fused-ring (bicyclic) bond motifs is 2. The van der Waals surface area contributed by atoms with Crippen molar-refractivity contribution in [3.05, 3.63) is 71.9 Å². The van der Waals surface area contributed by atoms with Crippen LogP contribution in [-0.4, -0.2) is 9.97 Å². The van der Waals surface area contributed by atoms with Crippen molar-refractivity contribution >= 4 is 33.3 Å². The van der Waals surface area contributed by atoms with Crippen molar-refractivity contribution in [3.63, 3.8) is 0 Å². The first kappa shape index (κ1) is 13.7. The summed E-state index contributed by atoms with van der Waals surface area (Å²) in [5, 5.41) is 5.73. The van der Waals surface area contributed by atoms with Crippen LogP contribution in [0.1, 0.15) is 11.3 Å². The van der Waals surface area contributed by atoms with Gasteiger partial charge in [-0.1, -0.05) is 36.4 Å². The molecule has 0 amide bonds. The van der Waals surface area contributed by atoms with Gasteiger partial charge in [-0.2, -0.15) is 0 Å². The van der Waals surface area contributed by atoms with Gasteiger partial charge in [0, 0.05) is 16.5 Å². The maximum absolute atomic E-state index is 4.75. The molecular formula is C20H17N3. The molecule has 0 aliphatic carbocycles. The fourth-order valence-electron chi connectivity index (χ4n) is 3.01. The molecule has 4 aromatic rings. The molecule has 2 aromatic carbocycles. The Bertz CT molecular complexity index is 947. The number of hydrogen-bond acceptors (Lipinski definition) is 3. The van der Waals surface area contributed by atoms with Gasteiger partial charge in [0.15, 0.2) is 0 Å². The lowest BCUT2D eigenvalue weighted by atomic mass is 10.1. The van der Waals surface area contributed by atoms with Gasteiger partial charge in [-0.3, -0.25) is 0 Å². The first-order valence-electron chi connectivity index (χ1n) is 7.70. The zero-order chi connectivity index (χ0) is 15.8. The summed E-state index contributed by atoms with van der Waals surface area (Å²) in [4.78, 5) is 9.37. The summed E-state index contributed by atoms with van der Waals surface area (Å²) in [6.45, 7) is 4.10. The van der Waals surface area contributed by atoms with Crippen LogP contribution in [0.15, 0.2) is 60.7 Å². The third-order valence-corrected chi connectivity index (χ3v) is 3.94. The summed E-state index contributed by atoms with van der Waals surface area (Å²) in [6.07, 6.45) is 0. The Balaban J connectivity index is 1.99. The maximum atomic E-state index is 4.75. The van der Waals surface area contributed by atoms with Gasteiger partial charge in [-0.05, 0) is 43.7 Å². The van der Waals surface area contributed by atoms with Crippen molar-refractivity contribution < 1.29 is 0 Å². The molecule has 0 bridgehead atoms. The van der Waals surface area contributed by atoms with Crippen LogP contribution in [0.4, 0.5) is 11.5 Å². The Morgan fingerprint density at radius 3 is 1.96 bits per heavy atom. The van der Waals surface area contributed by atoms with E-state index in [2.05, 4.69) is 41.5 Å². The first-order chi connectivity index (χ1) is 11.2. The van der Waals surface area contributed by atoms with Gasteiger partial charge in [0.1, 0.15) is 5.82 Å². The van der Waals surface area contributed by atoms with Gasteiger partial charge in [0.2, 0.25) is 0 Å². The van der Waals surface area contributed by atoms with Crippen molar-refractivity contribution in [1.29, 1.82) is 0 Å². The van der Waals surface area contributed by atoms with Crippen molar-refractivity contribution in [1.82, 2.24) is 9.97 Å². The molecular weight excluding hydrogens is 282 g/mol. The minimum Gasteiger partial charge on any atom is -0.339 e. The number of hydrogen-bond donors (Lipinski definition) is 1. The number of pyridine rings is 2. The number of nitrogens with one attached hydrogen (secondary N) is 1. The van der Waals surface area contributed by atoms with Crippen LogP contribution in [-0.2, 0) is 0 Å². The normalized spacial score (nSPS) is 11.0. The first-order valence-corrected chi connectivity index (χ1v) is 7.70. The zero-order valence-electron chi connectivity index (χ0n) is 13.2. The Labute approximate surface area is 135 Å². The Morgan fingerprint density at radius 1 is 0.739 bits per heavy atom. The second-order valence-electron chi connectivity index (χ2n) is 5.82. The molecule has 2 heterocycles. The van der Waals surface area contributed by atoms with Gasteiger partial charge in [-0.25, -0.2) is 9.97 Å². The molecule has 3 nitrogen and oxygen atoms in total. The highest BCUT2D eigenvalue weighted by molar-refractivity contribution is 6.08. The second kappa shape index (κ2) is 5.36. The molecule has 0 atom stereocenters. The zero-order valence-corrected chi connectivity index (χ0v) is 13.2. The summed E-state index contributed by atoms with van der Waals surface area (Å²) < 4.78 is 0. The van der Waals surface area contributed by atoms with Crippen molar-refractivity contribution in [2.45, 2.75) is 13.8 Å². The smallest absolute Gasteiger partial charge is 0.130 e. The molecule has 1 N–H and O–H groups in total. The van der Waals surface area contributed by atoms with Crippen LogP contribution < -0.4 is 5.32 Å². The lowest BCUT2D eigenvalue weighted by Gasteiger charge is -2.13. The van der Waals surface area contributed by atoms with Gasteiger partial charge < -0.3 is 5.32 Å². The van der Waals surface area contributed by atoms with E-state index in [0.717, 1.165) is 39.0 Å². The molecule has 0 aliphatic rings. The fourth-order valence-corrected chi connectivity index (χ4v) is 3.01. The van der Waals surface area contributed by atoms with Crippen molar-refractivity contribution in [2.24, 2.45) is 0 Å². The maximum Gasteiger partial charge on any atom is 0.130 e. The van der Waals surface area contributed by atoms with Crippen LogP contribution in [0.5, 0.6) is 0 Å². The molecule has 0 spiro atoms. The minimum atomic E-state index is 0.865. The predicted octanol–water partition coefficient (Wildman–Crippen LogP) is 5.14. The molecule has 0 radical (unpaired) electrons. The summed E-state index contributed by atoms with van der Waals surface area (Å²) in [6, 6.07) is 20.5. The molecule has 23 heavy (non-hydrogen) atoms. The van der Waals surface area contributed by atoms with E-state index < -0.39 is 0 Å². The van der Waals surface area contributed by atoms with Crippen LogP contribution in [0.2, 0.25) is 0 Å². The number of rotatable bonds is 2. The standard InChI is InChI=1S/C20H17N3/c1-13-11-14(2)21-19(12-13)23-20-15-7-3-5-9-17(15)22-18-10-6-4-8-16(18)20/h3-12H,1-2H3,(H,21,22,23). The SMILES string of the molecule is Cc1cc(C)nc(Nc2c3ccccc3nc3ccccc23)c1. The van der Waals surface area contributed by atoms with Crippen LogP contribution >= 0.6 is 0 Å². The van der Waals surface area contributed by atoms with Crippen LogP contribution in [0.25, 0.3) is 21.8 Å². The van der Waals surface area contributed by atoms with E-state index in [9.17, 15) is 0 Å². The van der Waals surface area contributed by atoms with E-state index in [1.807, 2.05) is 43.3 Å². The molecule has 0 fully saturated rings. The minimum absolute atomic E-state index is 0.865. The van der Waals surface area contributed by atoms with E-state index in [4.69, 9.17) is 4.98 Å². The molecule has 2 aromatic heterocycles. The molecule has 0 saturated carbocycles. The van der Waals surface area contributed by atoms with E-state index in [-0.39, 0.29) is 0 Å². The lowest BCUT2D eigenvalue weighted by Crippen LogP contribution is -1.98. The van der Waals surface area contributed by atoms with Crippen molar-refractivity contribution in [2.75, 3.05) is 5.32 Å². The predicted molar refractivity (Wildman–Crippen MR) is 96.2 cm³/mol. The summed E-state index contributed by atoms with van der Waals surface area (Å²) in [5.41, 5.74) is 5.23. The molecule has 4 rings (SSSR count).